The number of halogens is 2. The van der Waals surface area contributed by atoms with Crippen molar-refractivity contribution in [2.45, 2.75) is 51.2 Å². The van der Waals surface area contributed by atoms with Gasteiger partial charge in [-0.1, -0.05) is 38.5 Å². The van der Waals surface area contributed by atoms with Crippen molar-refractivity contribution in [3.8, 4) is 0 Å². The quantitative estimate of drug-likeness (QED) is 0.458. The van der Waals surface area contributed by atoms with Crippen LogP contribution in [-0.2, 0) is 10.0 Å². The lowest BCUT2D eigenvalue weighted by Gasteiger charge is -2.33. The maximum Gasteiger partial charge on any atom is 0.269 e. The minimum Gasteiger partial charge on any atom is -0.396 e. The highest BCUT2D eigenvalue weighted by Gasteiger charge is 2.30. The fourth-order valence-corrected chi connectivity index (χ4v) is 5.36. The Morgan fingerprint density at radius 2 is 1.92 bits per heavy atom. The molecule has 1 aliphatic heterocycles. The van der Waals surface area contributed by atoms with Crippen LogP contribution in [0.4, 0.5) is 8.78 Å². The van der Waals surface area contributed by atoms with Crippen molar-refractivity contribution in [2.24, 2.45) is 10.4 Å². The molecule has 36 heavy (non-hydrogen) atoms. The minimum atomic E-state index is -4.06. The number of aliphatic hydroxyl groups excluding tert-OH is 1. The van der Waals surface area contributed by atoms with Gasteiger partial charge in [-0.05, 0) is 37.0 Å². The van der Waals surface area contributed by atoms with Gasteiger partial charge in [0.25, 0.3) is 10.0 Å². The summed E-state index contributed by atoms with van der Waals surface area (Å²) in [5, 5.41) is 15.6. The zero-order valence-electron chi connectivity index (χ0n) is 20.5. The lowest BCUT2D eigenvalue weighted by molar-refractivity contribution is 0.212. The van der Waals surface area contributed by atoms with Gasteiger partial charge in [-0.25, -0.2) is 31.1 Å². The van der Waals surface area contributed by atoms with E-state index in [1.54, 1.807) is 12.1 Å². The molecule has 2 atom stereocenters. The zero-order chi connectivity index (χ0) is 26.3. The van der Waals surface area contributed by atoms with Gasteiger partial charge in [0, 0.05) is 36.0 Å². The summed E-state index contributed by atoms with van der Waals surface area (Å²) in [5.41, 5.74) is 0.931. The molecule has 0 bridgehead atoms. The predicted molar refractivity (Wildman–Crippen MR) is 134 cm³/mol. The Balaban J connectivity index is 1.81. The maximum atomic E-state index is 14.7. The van der Waals surface area contributed by atoms with Crippen LogP contribution in [-0.4, -0.2) is 41.0 Å². The number of aromatic nitrogens is 2. The number of rotatable bonds is 6. The summed E-state index contributed by atoms with van der Waals surface area (Å²) < 4.78 is 56.8. The van der Waals surface area contributed by atoms with E-state index in [0.717, 1.165) is 21.9 Å². The highest BCUT2D eigenvalue weighted by atomic mass is 32.2. The van der Waals surface area contributed by atoms with Crippen molar-refractivity contribution in [3.05, 3.63) is 71.7 Å². The van der Waals surface area contributed by atoms with Crippen molar-refractivity contribution in [1.29, 1.82) is 0 Å². The molecule has 0 fully saturated rings. The van der Waals surface area contributed by atoms with E-state index in [-0.39, 0.29) is 39.8 Å². The van der Waals surface area contributed by atoms with Crippen molar-refractivity contribution in [2.75, 3.05) is 6.61 Å². The summed E-state index contributed by atoms with van der Waals surface area (Å²) in [6, 6.07) is 7.24. The van der Waals surface area contributed by atoms with Crippen LogP contribution in [0.15, 0.2) is 64.6 Å². The van der Waals surface area contributed by atoms with Crippen LogP contribution in [0.25, 0.3) is 11.0 Å². The maximum absolute atomic E-state index is 14.7. The average Bonchev–Trinajstić information content (AvgIpc) is 3.19. The van der Waals surface area contributed by atoms with Crippen molar-refractivity contribution in [1.82, 2.24) is 19.6 Å². The predicted octanol–water partition coefficient (Wildman–Crippen LogP) is 3.92. The van der Waals surface area contributed by atoms with E-state index in [1.807, 2.05) is 27.7 Å². The summed E-state index contributed by atoms with van der Waals surface area (Å²) >= 11 is 0. The number of benzene rings is 1. The number of nitrogens with one attached hydrogen (secondary N) is 2. The Bertz CT molecular complexity index is 1440. The molecule has 0 aliphatic carbocycles. The summed E-state index contributed by atoms with van der Waals surface area (Å²) in [6.45, 7) is 7.63. The first-order valence-corrected chi connectivity index (χ1v) is 12.9. The molecular formula is C25H29F2N5O3S. The second kappa shape index (κ2) is 9.62. The summed E-state index contributed by atoms with van der Waals surface area (Å²) in [5.74, 6) is -1.33. The number of hydrogen-bond donors (Lipinski definition) is 3. The van der Waals surface area contributed by atoms with E-state index in [0.29, 0.717) is 12.0 Å². The van der Waals surface area contributed by atoms with Gasteiger partial charge in [0.2, 0.25) is 0 Å². The van der Waals surface area contributed by atoms with Gasteiger partial charge in [0.05, 0.1) is 11.1 Å². The molecule has 0 saturated carbocycles. The molecule has 1 aliphatic rings. The van der Waals surface area contributed by atoms with E-state index >= 15 is 0 Å². The van der Waals surface area contributed by atoms with Crippen molar-refractivity contribution < 1.29 is 22.3 Å². The van der Waals surface area contributed by atoms with Crippen LogP contribution in [0.1, 0.15) is 44.5 Å². The number of pyridine rings is 1. The summed E-state index contributed by atoms with van der Waals surface area (Å²) in [4.78, 5) is 8.53. The third-order valence-corrected chi connectivity index (χ3v) is 7.77. The Morgan fingerprint density at radius 3 is 2.56 bits per heavy atom. The summed E-state index contributed by atoms with van der Waals surface area (Å²) in [6.07, 6.45) is 2.86. The standard InChI is InChI=1S/C25H29F2N5O3S/c1-15-5-7-17(8-6-15)36(34,35)32-14-19(18-11-16(26)12-29-24(18)32)22-28-13-20(27)23(31-22)30-21(9-10-33)25(2,3)4/h5-8,11-14,21-22,28,33H,9-10H2,1-4H3,(H,30,31). The van der Waals surface area contributed by atoms with Gasteiger partial charge in [-0.15, -0.1) is 0 Å². The molecule has 2 unspecified atom stereocenters. The Morgan fingerprint density at radius 1 is 1.22 bits per heavy atom. The van der Waals surface area contributed by atoms with E-state index in [9.17, 15) is 22.3 Å². The largest absolute Gasteiger partial charge is 0.396 e. The zero-order valence-corrected chi connectivity index (χ0v) is 21.3. The number of fused-ring (bicyclic) bond motifs is 1. The first-order chi connectivity index (χ1) is 16.9. The highest BCUT2D eigenvalue weighted by molar-refractivity contribution is 7.90. The SMILES string of the molecule is Cc1ccc(S(=O)(=O)n2cc(C3N=C(NC(CCO)C(C)(C)C)C(F)=CN3)c3cc(F)cnc32)cc1. The van der Waals surface area contributed by atoms with Crippen LogP contribution >= 0.6 is 0 Å². The number of amidine groups is 1. The van der Waals surface area contributed by atoms with Crippen LogP contribution in [0.2, 0.25) is 0 Å². The number of aryl methyl sites for hydroxylation is 1. The fraction of sp³-hybridized carbons (Fsp3) is 0.360. The number of nitrogens with zero attached hydrogens (tertiary/aromatic N) is 3. The molecule has 0 saturated heterocycles. The average molecular weight is 518 g/mol. The molecule has 192 valence electrons. The third-order valence-electron chi connectivity index (χ3n) is 6.11. The highest BCUT2D eigenvalue weighted by Crippen LogP contribution is 2.32. The number of aliphatic imine (C=N–C) groups is 1. The molecule has 11 heteroatoms. The number of hydrogen-bond acceptors (Lipinski definition) is 7. The first kappa shape index (κ1) is 25.8. The molecular weight excluding hydrogens is 488 g/mol. The van der Waals surface area contributed by atoms with E-state index in [1.165, 1.54) is 24.4 Å². The third kappa shape index (κ3) is 4.98. The first-order valence-electron chi connectivity index (χ1n) is 11.5. The Labute approximate surface area is 208 Å². The molecule has 3 aromatic rings. The second-order valence-electron chi connectivity index (χ2n) is 9.84. The van der Waals surface area contributed by atoms with E-state index < -0.39 is 27.8 Å². The van der Waals surface area contributed by atoms with Gasteiger partial charge in [0.15, 0.2) is 17.3 Å². The Hall–Kier alpha value is -3.31. The smallest absolute Gasteiger partial charge is 0.269 e. The molecule has 0 spiro atoms. The normalized spacial score (nSPS) is 17.4. The van der Waals surface area contributed by atoms with Crippen molar-refractivity contribution in [3.63, 3.8) is 0 Å². The minimum absolute atomic E-state index is 0.0290. The van der Waals surface area contributed by atoms with Gasteiger partial charge >= 0.3 is 0 Å². The second-order valence-corrected chi connectivity index (χ2v) is 11.7. The Kier molecular flexibility index (Phi) is 6.89. The molecule has 2 aromatic heterocycles. The van der Waals surface area contributed by atoms with Gasteiger partial charge in [-0.3, -0.25) is 0 Å². The topological polar surface area (TPSA) is 109 Å². The summed E-state index contributed by atoms with van der Waals surface area (Å²) in [7, 11) is -4.06. The van der Waals surface area contributed by atoms with Crippen LogP contribution in [0, 0.1) is 18.2 Å². The van der Waals surface area contributed by atoms with Crippen LogP contribution in [0.5, 0.6) is 0 Å². The lowest BCUT2D eigenvalue weighted by atomic mass is 9.85. The molecule has 3 N–H and O–H groups in total. The molecule has 3 heterocycles. The molecule has 0 amide bonds. The molecule has 1 aromatic carbocycles. The van der Waals surface area contributed by atoms with E-state index in [4.69, 9.17) is 0 Å². The van der Waals surface area contributed by atoms with Gasteiger partial charge in [-0.2, -0.15) is 0 Å². The van der Waals surface area contributed by atoms with Gasteiger partial charge in [0.1, 0.15) is 12.0 Å². The molecule has 8 nitrogen and oxygen atoms in total. The van der Waals surface area contributed by atoms with Gasteiger partial charge < -0.3 is 15.7 Å². The fourth-order valence-electron chi connectivity index (χ4n) is 4.03. The lowest BCUT2D eigenvalue weighted by Crippen LogP contribution is -2.45. The molecule has 0 radical (unpaired) electrons. The number of aliphatic hydroxyl groups is 1. The van der Waals surface area contributed by atoms with Crippen LogP contribution in [0.3, 0.4) is 0 Å². The molecule has 4 rings (SSSR count). The van der Waals surface area contributed by atoms with Crippen molar-refractivity contribution >= 4 is 26.9 Å². The monoisotopic (exact) mass is 517 g/mol. The van der Waals surface area contributed by atoms with E-state index in [2.05, 4.69) is 20.6 Å². The van der Waals surface area contributed by atoms with Crippen LogP contribution < -0.4 is 10.6 Å².